The Morgan fingerprint density at radius 2 is 1.92 bits per heavy atom. The van der Waals surface area contributed by atoms with Crippen molar-refractivity contribution in [2.75, 3.05) is 0 Å². The number of aliphatic hydroxyl groups excluding tert-OH is 1. The van der Waals surface area contributed by atoms with Crippen LogP contribution >= 0.6 is 0 Å². The maximum atomic E-state index is 10.0. The van der Waals surface area contributed by atoms with Gasteiger partial charge in [0, 0.05) is 38.1 Å². The molecule has 3 aromatic rings. The van der Waals surface area contributed by atoms with Crippen LogP contribution in [0.1, 0.15) is 21.3 Å². The number of aromatic nitrogens is 2. The minimum absolute atomic E-state index is 0. The Labute approximate surface area is 156 Å². The van der Waals surface area contributed by atoms with E-state index < -0.39 is 0 Å². The molecule has 1 aromatic carbocycles. The second-order valence-corrected chi connectivity index (χ2v) is 4.76. The summed E-state index contributed by atoms with van der Waals surface area (Å²) in [6, 6.07) is 17.0. The number of nitrogens with zero attached hydrogens (tertiary/aromatic N) is 2. The van der Waals surface area contributed by atoms with Gasteiger partial charge in [0.05, 0.1) is 5.76 Å². The zero-order chi connectivity index (χ0) is 15.9. The molecular weight excluding hydrogens is 480 g/mol. The smallest absolute Gasteiger partial charge is 0.155 e. The minimum Gasteiger partial charge on any atom is -0.512 e. The second kappa shape index (κ2) is 10.5. The Hall–Kier alpha value is -2.23. The number of aliphatic hydroxyl groups is 1. The van der Waals surface area contributed by atoms with Crippen molar-refractivity contribution < 1.29 is 30.0 Å². The Kier molecular flexibility index (Phi) is 9.55. The Balaban J connectivity index is 0.000000516. The Morgan fingerprint density at radius 3 is 2.42 bits per heavy atom. The summed E-state index contributed by atoms with van der Waals surface area (Å²) in [5, 5.41) is 8.36. The first-order chi connectivity index (χ1) is 10.6. The summed E-state index contributed by atoms with van der Waals surface area (Å²) in [5.74, 6) is -0.0625. The van der Waals surface area contributed by atoms with Crippen molar-refractivity contribution in [1.82, 2.24) is 9.38 Å². The molecule has 0 bridgehead atoms. The van der Waals surface area contributed by atoms with E-state index in [1.54, 1.807) is 0 Å². The van der Waals surface area contributed by atoms with Crippen molar-refractivity contribution in [2.45, 2.75) is 21.3 Å². The molecule has 24 heavy (non-hydrogen) atoms. The predicted molar refractivity (Wildman–Crippen MR) is 93.3 cm³/mol. The van der Waals surface area contributed by atoms with Crippen LogP contribution in [0, 0.1) is 6.07 Å². The van der Waals surface area contributed by atoms with Gasteiger partial charge < -0.3 is 9.51 Å². The van der Waals surface area contributed by atoms with Gasteiger partial charge in [0.25, 0.3) is 0 Å². The van der Waals surface area contributed by atoms with E-state index in [1.807, 2.05) is 59.3 Å². The van der Waals surface area contributed by atoms with Crippen LogP contribution in [-0.2, 0) is 24.9 Å². The summed E-state index contributed by atoms with van der Waals surface area (Å²) in [6.45, 7) is 2.85. The first-order valence-corrected chi connectivity index (χ1v) is 6.85. The van der Waals surface area contributed by atoms with E-state index in [-0.39, 0.29) is 39.1 Å². The van der Waals surface area contributed by atoms with Crippen LogP contribution in [0.4, 0.5) is 0 Å². The van der Waals surface area contributed by atoms with E-state index in [1.165, 1.54) is 19.9 Å². The first-order valence-electron chi connectivity index (χ1n) is 6.85. The van der Waals surface area contributed by atoms with Gasteiger partial charge in [0.1, 0.15) is 5.65 Å². The van der Waals surface area contributed by atoms with E-state index in [4.69, 9.17) is 5.11 Å². The van der Waals surface area contributed by atoms with Crippen LogP contribution < -0.4 is 0 Å². The molecular formula is C19H21IrN2O2-. The quantitative estimate of drug-likeness (QED) is 0.320. The van der Waals surface area contributed by atoms with E-state index >= 15 is 0 Å². The van der Waals surface area contributed by atoms with Gasteiger partial charge in [-0.1, -0.05) is 13.5 Å². The predicted octanol–water partition coefficient (Wildman–Crippen LogP) is 4.47. The molecule has 1 N–H and O–H groups in total. The number of benzene rings is 1. The van der Waals surface area contributed by atoms with Crippen molar-refractivity contribution in [1.29, 1.82) is 0 Å². The van der Waals surface area contributed by atoms with Crippen molar-refractivity contribution in [3.63, 3.8) is 0 Å². The van der Waals surface area contributed by atoms with E-state index in [2.05, 4.69) is 11.1 Å². The van der Waals surface area contributed by atoms with Crippen molar-refractivity contribution >= 4 is 11.4 Å². The largest absolute Gasteiger partial charge is 0.512 e. The Bertz CT molecular complexity index is 758. The number of rotatable bonds is 2. The van der Waals surface area contributed by atoms with Gasteiger partial charge in [-0.25, -0.2) is 0 Å². The molecule has 5 heteroatoms. The SMILES string of the molecule is C.CC(=O)C=C(C)O.[Ir].[c-]1ccccc1-c1cn2ccccc2n1. The zero-order valence-corrected chi connectivity index (χ0v) is 15.3. The number of carbonyl (C=O) groups is 1. The van der Waals surface area contributed by atoms with Crippen LogP contribution in [0.15, 0.2) is 66.7 Å². The number of imidazole rings is 1. The molecule has 0 aliphatic carbocycles. The summed E-state index contributed by atoms with van der Waals surface area (Å²) in [7, 11) is 0. The van der Waals surface area contributed by atoms with Gasteiger partial charge in [-0.15, -0.1) is 35.9 Å². The fourth-order valence-corrected chi connectivity index (χ4v) is 1.91. The third kappa shape index (κ3) is 6.49. The molecule has 0 spiro atoms. The second-order valence-electron chi connectivity index (χ2n) is 4.76. The molecule has 0 amide bonds. The molecule has 3 rings (SSSR count). The van der Waals surface area contributed by atoms with Gasteiger partial charge in [-0.05, 0) is 32.2 Å². The van der Waals surface area contributed by atoms with Gasteiger partial charge in [0.15, 0.2) is 5.78 Å². The van der Waals surface area contributed by atoms with Gasteiger partial charge in [0.2, 0.25) is 0 Å². The number of allylic oxidation sites excluding steroid dienone is 2. The molecule has 0 aliphatic heterocycles. The van der Waals surface area contributed by atoms with Crippen molar-refractivity contribution in [3.05, 3.63) is 72.8 Å². The van der Waals surface area contributed by atoms with Crippen molar-refractivity contribution in [2.24, 2.45) is 0 Å². The van der Waals surface area contributed by atoms with E-state index in [9.17, 15) is 4.79 Å². The molecule has 2 aromatic heterocycles. The third-order valence-corrected chi connectivity index (χ3v) is 2.76. The normalized spacial score (nSPS) is 10.0. The molecule has 1 radical (unpaired) electrons. The monoisotopic (exact) mass is 502 g/mol. The van der Waals surface area contributed by atoms with Crippen molar-refractivity contribution in [3.8, 4) is 11.3 Å². The maximum absolute atomic E-state index is 10.0. The average Bonchev–Trinajstić information content (AvgIpc) is 2.91. The molecule has 4 nitrogen and oxygen atoms in total. The molecule has 0 saturated carbocycles. The molecule has 129 valence electrons. The molecule has 0 unspecified atom stereocenters. The molecule has 2 heterocycles. The van der Waals surface area contributed by atoms with Crippen LogP contribution in [0.3, 0.4) is 0 Å². The first kappa shape index (κ1) is 21.8. The van der Waals surface area contributed by atoms with E-state index in [0.717, 1.165) is 16.9 Å². The standard InChI is InChI=1S/C13H9N2.C5H8O2.CH4.Ir/c1-2-6-11(7-3-1)12-10-15-9-5-4-8-13(15)14-12;1-4(6)3-5(2)7;;/h1-6,8-10H;3,6H,1-2H3;1H4;/q-1;;;. The van der Waals surface area contributed by atoms with Crippen LogP contribution in [-0.4, -0.2) is 20.3 Å². The van der Waals surface area contributed by atoms with Crippen LogP contribution in [0.2, 0.25) is 0 Å². The van der Waals surface area contributed by atoms with Gasteiger partial charge in [-0.2, -0.15) is 0 Å². The van der Waals surface area contributed by atoms with E-state index in [0.29, 0.717) is 0 Å². The number of fused-ring (bicyclic) bond motifs is 1. The summed E-state index contributed by atoms with van der Waals surface area (Å²) >= 11 is 0. The molecule has 0 saturated heterocycles. The van der Waals surface area contributed by atoms with Crippen LogP contribution in [0.25, 0.3) is 16.9 Å². The minimum atomic E-state index is -0.125. The van der Waals surface area contributed by atoms with Crippen LogP contribution in [0.5, 0.6) is 0 Å². The number of hydrogen-bond acceptors (Lipinski definition) is 3. The maximum Gasteiger partial charge on any atom is 0.155 e. The molecule has 0 fully saturated rings. The molecule has 0 aliphatic rings. The summed E-state index contributed by atoms with van der Waals surface area (Å²) in [5.41, 5.74) is 2.95. The fourth-order valence-electron chi connectivity index (χ4n) is 1.91. The molecule has 0 atom stereocenters. The van der Waals surface area contributed by atoms with Gasteiger partial charge in [-0.3, -0.25) is 9.78 Å². The third-order valence-electron chi connectivity index (χ3n) is 2.76. The number of ketones is 1. The zero-order valence-electron chi connectivity index (χ0n) is 12.9. The average molecular weight is 502 g/mol. The summed E-state index contributed by atoms with van der Waals surface area (Å²) < 4.78 is 2.01. The number of hydrogen-bond donors (Lipinski definition) is 1. The number of pyridine rings is 1. The summed E-state index contributed by atoms with van der Waals surface area (Å²) in [6.07, 6.45) is 5.18. The topological polar surface area (TPSA) is 54.6 Å². The summed E-state index contributed by atoms with van der Waals surface area (Å²) in [4.78, 5) is 14.5. The fraction of sp³-hybridized carbons (Fsp3) is 0.158. The Morgan fingerprint density at radius 1 is 1.21 bits per heavy atom. The van der Waals surface area contributed by atoms with Gasteiger partial charge >= 0.3 is 0 Å². The number of carbonyl (C=O) groups excluding carboxylic acids is 1.